The summed E-state index contributed by atoms with van der Waals surface area (Å²) < 4.78 is 5.51. The Morgan fingerprint density at radius 3 is 2.29 bits per heavy atom. The second kappa shape index (κ2) is 5.08. The van der Waals surface area contributed by atoms with Crippen LogP contribution in [0.5, 0.6) is 5.75 Å². The Morgan fingerprint density at radius 1 is 1.29 bits per heavy atom. The standard InChI is InChI=1S/C13H20N2O2/c1-9(12(16)15-13(2,3)4)17-11-7-5-10(14)6-8-11/h5-9H,14H2,1-4H3,(H,15,16). The van der Waals surface area contributed by atoms with E-state index in [1.807, 2.05) is 20.8 Å². The topological polar surface area (TPSA) is 64.3 Å². The van der Waals surface area contributed by atoms with Gasteiger partial charge >= 0.3 is 0 Å². The minimum absolute atomic E-state index is 0.130. The third-order valence-electron chi connectivity index (χ3n) is 2.06. The number of nitrogens with two attached hydrogens (primary N) is 1. The van der Waals surface area contributed by atoms with Gasteiger partial charge in [0.15, 0.2) is 6.10 Å². The van der Waals surface area contributed by atoms with Crippen LogP contribution in [-0.4, -0.2) is 17.6 Å². The number of carbonyl (C=O) groups excluding carboxylic acids is 1. The smallest absolute Gasteiger partial charge is 0.261 e. The fourth-order valence-corrected chi connectivity index (χ4v) is 1.28. The van der Waals surface area contributed by atoms with E-state index in [0.29, 0.717) is 11.4 Å². The molecule has 1 rings (SSSR count). The van der Waals surface area contributed by atoms with Gasteiger partial charge in [-0.3, -0.25) is 4.79 Å². The summed E-state index contributed by atoms with van der Waals surface area (Å²) in [4.78, 5) is 11.8. The van der Waals surface area contributed by atoms with Crippen LogP contribution in [0, 0.1) is 0 Å². The van der Waals surface area contributed by atoms with Crippen molar-refractivity contribution in [3.63, 3.8) is 0 Å². The fourth-order valence-electron chi connectivity index (χ4n) is 1.28. The maximum atomic E-state index is 11.8. The van der Waals surface area contributed by atoms with Gasteiger partial charge in [0.05, 0.1) is 0 Å². The highest BCUT2D eigenvalue weighted by Crippen LogP contribution is 2.15. The molecule has 1 aromatic rings. The molecule has 0 saturated carbocycles. The first-order valence-corrected chi connectivity index (χ1v) is 5.62. The van der Waals surface area contributed by atoms with E-state index in [1.54, 1.807) is 31.2 Å². The monoisotopic (exact) mass is 236 g/mol. The second-order valence-electron chi connectivity index (χ2n) is 5.07. The van der Waals surface area contributed by atoms with Gasteiger partial charge in [-0.2, -0.15) is 0 Å². The molecule has 0 aromatic heterocycles. The van der Waals surface area contributed by atoms with Crippen LogP contribution in [-0.2, 0) is 4.79 Å². The average molecular weight is 236 g/mol. The Morgan fingerprint density at radius 2 is 1.82 bits per heavy atom. The van der Waals surface area contributed by atoms with Crippen LogP contribution >= 0.6 is 0 Å². The number of hydrogen-bond donors (Lipinski definition) is 2. The Hall–Kier alpha value is -1.71. The molecule has 3 N–H and O–H groups in total. The number of amides is 1. The van der Waals surface area contributed by atoms with Gasteiger partial charge in [0.2, 0.25) is 0 Å². The lowest BCUT2D eigenvalue weighted by atomic mass is 10.1. The van der Waals surface area contributed by atoms with Gasteiger partial charge in [-0.1, -0.05) is 0 Å². The first-order valence-electron chi connectivity index (χ1n) is 5.62. The van der Waals surface area contributed by atoms with E-state index >= 15 is 0 Å². The number of rotatable bonds is 3. The van der Waals surface area contributed by atoms with Gasteiger partial charge in [-0.05, 0) is 52.0 Å². The number of anilines is 1. The maximum absolute atomic E-state index is 11.8. The summed E-state index contributed by atoms with van der Waals surface area (Å²) in [6, 6.07) is 6.97. The average Bonchev–Trinajstić information content (AvgIpc) is 2.19. The molecule has 0 fully saturated rings. The molecule has 4 nitrogen and oxygen atoms in total. The van der Waals surface area contributed by atoms with Crippen molar-refractivity contribution in [1.82, 2.24) is 5.32 Å². The quantitative estimate of drug-likeness (QED) is 0.788. The minimum Gasteiger partial charge on any atom is -0.481 e. The van der Waals surface area contributed by atoms with Crippen LogP contribution in [0.1, 0.15) is 27.7 Å². The Kier molecular flexibility index (Phi) is 3.99. The molecule has 0 aliphatic carbocycles. The van der Waals surface area contributed by atoms with Gasteiger partial charge in [0.25, 0.3) is 5.91 Å². The predicted octanol–water partition coefficient (Wildman–Crippen LogP) is 1.95. The molecule has 0 aliphatic rings. The molecule has 1 unspecified atom stereocenters. The van der Waals surface area contributed by atoms with Gasteiger partial charge in [0, 0.05) is 11.2 Å². The van der Waals surface area contributed by atoms with Crippen molar-refractivity contribution in [2.45, 2.75) is 39.3 Å². The van der Waals surface area contributed by atoms with Crippen LogP contribution in [0.25, 0.3) is 0 Å². The molecule has 0 saturated heterocycles. The number of ether oxygens (including phenoxy) is 1. The molecule has 0 bridgehead atoms. The van der Waals surface area contributed by atoms with Gasteiger partial charge < -0.3 is 15.8 Å². The molecule has 94 valence electrons. The van der Waals surface area contributed by atoms with E-state index in [1.165, 1.54) is 0 Å². The summed E-state index contributed by atoms with van der Waals surface area (Å²) in [7, 11) is 0. The van der Waals surface area contributed by atoms with Crippen molar-refractivity contribution in [2.24, 2.45) is 0 Å². The predicted molar refractivity (Wildman–Crippen MR) is 68.8 cm³/mol. The summed E-state index contributed by atoms with van der Waals surface area (Å²) in [5, 5.41) is 2.86. The molecule has 0 spiro atoms. The zero-order valence-corrected chi connectivity index (χ0v) is 10.8. The lowest BCUT2D eigenvalue weighted by molar-refractivity contribution is -0.128. The number of nitrogens with one attached hydrogen (secondary N) is 1. The zero-order valence-electron chi connectivity index (χ0n) is 10.8. The number of nitrogen functional groups attached to an aromatic ring is 1. The van der Waals surface area contributed by atoms with Crippen molar-refractivity contribution < 1.29 is 9.53 Å². The molecular weight excluding hydrogens is 216 g/mol. The summed E-state index contributed by atoms with van der Waals surface area (Å²) in [6.45, 7) is 7.51. The van der Waals surface area contributed by atoms with Crippen molar-refractivity contribution in [3.8, 4) is 5.75 Å². The highest BCUT2D eigenvalue weighted by molar-refractivity contribution is 5.81. The van der Waals surface area contributed by atoms with E-state index < -0.39 is 6.10 Å². The third-order valence-corrected chi connectivity index (χ3v) is 2.06. The number of benzene rings is 1. The Balaban J connectivity index is 2.57. The lowest BCUT2D eigenvalue weighted by Gasteiger charge is -2.23. The van der Waals surface area contributed by atoms with Crippen molar-refractivity contribution in [2.75, 3.05) is 5.73 Å². The normalized spacial score (nSPS) is 12.9. The van der Waals surface area contributed by atoms with Crippen LogP contribution < -0.4 is 15.8 Å². The zero-order chi connectivity index (χ0) is 13.1. The van der Waals surface area contributed by atoms with Gasteiger partial charge in [-0.25, -0.2) is 0 Å². The summed E-state index contributed by atoms with van der Waals surface area (Å²) in [5.74, 6) is 0.505. The van der Waals surface area contributed by atoms with Crippen molar-refractivity contribution in [1.29, 1.82) is 0 Å². The fraction of sp³-hybridized carbons (Fsp3) is 0.462. The maximum Gasteiger partial charge on any atom is 0.261 e. The molecular formula is C13H20N2O2. The first kappa shape index (κ1) is 13.4. The molecule has 0 radical (unpaired) electrons. The Labute approximate surface area is 102 Å². The molecule has 4 heteroatoms. The molecule has 1 atom stereocenters. The Bertz CT molecular complexity index is 379. The van der Waals surface area contributed by atoms with E-state index in [4.69, 9.17) is 10.5 Å². The third kappa shape index (κ3) is 4.76. The first-order chi connectivity index (χ1) is 7.78. The molecule has 1 aromatic carbocycles. The summed E-state index contributed by atoms with van der Waals surface area (Å²) in [5.41, 5.74) is 5.98. The highest BCUT2D eigenvalue weighted by atomic mass is 16.5. The van der Waals surface area contributed by atoms with Crippen LogP contribution in [0.3, 0.4) is 0 Å². The molecule has 0 aliphatic heterocycles. The SMILES string of the molecule is CC(Oc1ccc(N)cc1)C(=O)NC(C)(C)C. The lowest BCUT2D eigenvalue weighted by Crippen LogP contribution is -2.46. The summed E-state index contributed by atoms with van der Waals surface area (Å²) in [6.07, 6.45) is -0.530. The van der Waals surface area contributed by atoms with Crippen molar-refractivity contribution in [3.05, 3.63) is 24.3 Å². The van der Waals surface area contributed by atoms with E-state index in [9.17, 15) is 4.79 Å². The van der Waals surface area contributed by atoms with Crippen LogP contribution in [0.4, 0.5) is 5.69 Å². The largest absolute Gasteiger partial charge is 0.481 e. The van der Waals surface area contributed by atoms with E-state index in [0.717, 1.165) is 0 Å². The van der Waals surface area contributed by atoms with Gasteiger partial charge in [-0.15, -0.1) is 0 Å². The van der Waals surface area contributed by atoms with Crippen LogP contribution in [0.15, 0.2) is 24.3 Å². The number of hydrogen-bond acceptors (Lipinski definition) is 3. The van der Waals surface area contributed by atoms with Crippen LogP contribution in [0.2, 0.25) is 0 Å². The molecule has 17 heavy (non-hydrogen) atoms. The summed E-state index contributed by atoms with van der Waals surface area (Å²) >= 11 is 0. The van der Waals surface area contributed by atoms with E-state index in [-0.39, 0.29) is 11.4 Å². The molecule has 1 amide bonds. The van der Waals surface area contributed by atoms with Crippen molar-refractivity contribution >= 4 is 11.6 Å². The van der Waals surface area contributed by atoms with Gasteiger partial charge in [0.1, 0.15) is 5.75 Å². The second-order valence-corrected chi connectivity index (χ2v) is 5.07. The highest BCUT2D eigenvalue weighted by Gasteiger charge is 2.20. The number of carbonyl (C=O) groups is 1. The molecule has 0 heterocycles. The minimum atomic E-state index is -0.530. The van der Waals surface area contributed by atoms with E-state index in [2.05, 4.69) is 5.32 Å².